The topological polar surface area (TPSA) is 41.7 Å². The normalized spacial score (nSPS) is 21.1. The zero-order valence-electron chi connectivity index (χ0n) is 11.5. The number of piperazine rings is 1. The van der Waals surface area contributed by atoms with Crippen molar-refractivity contribution in [3.05, 3.63) is 23.8 Å². The molecule has 0 saturated carbocycles. The molecule has 1 atom stereocenters. The highest BCUT2D eigenvalue weighted by Gasteiger charge is 2.24. The molecule has 1 aliphatic rings. The lowest BCUT2D eigenvalue weighted by Crippen LogP contribution is -2.54. The summed E-state index contributed by atoms with van der Waals surface area (Å²) in [4.78, 5) is 4.71. The average Bonchev–Trinajstić information content (AvgIpc) is 2.39. The van der Waals surface area contributed by atoms with Crippen molar-refractivity contribution in [2.45, 2.75) is 13.0 Å². The van der Waals surface area contributed by atoms with E-state index in [0.29, 0.717) is 12.6 Å². The van der Waals surface area contributed by atoms with Crippen LogP contribution in [0.3, 0.4) is 0 Å². The number of hydrogen-bond acceptors (Lipinski definition) is 4. The molecule has 1 saturated heterocycles. The molecule has 0 bridgehead atoms. The van der Waals surface area contributed by atoms with Crippen LogP contribution in [0, 0.1) is 6.92 Å². The van der Waals surface area contributed by atoms with Crippen LogP contribution in [0.2, 0.25) is 0 Å². The fourth-order valence-corrected chi connectivity index (χ4v) is 2.47. The quantitative estimate of drug-likeness (QED) is 0.870. The van der Waals surface area contributed by atoms with Gasteiger partial charge >= 0.3 is 0 Å². The van der Waals surface area contributed by atoms with E-state index in [0.717, 1.165) is 25.4 Å². The lowest BCUT2D eigenvalue weighted by Gasteiger charge is -2.40. The minimum Gasteiger partial charge on any atom is -0.495 e. The highest BCUT2D eigenvalue weighted by molar-refractivity contribution is 5.60. The Morgan fingerprint density at radius 2 is 2.17 bits per heavy atom. The Balaban J connectivity index is 2.23. The van der Waals surface area contributed by atoms with E-state index >= 15 is 0 Å². The van der Waals surface area contributed by atoms with Crippen LogP contribution in [0.1, 0.15) is 5.56 Å². The summed E-state index contributed by atoms with van der Waals surface area (Å²) in [5, 5.41) is 0. The summed E-state index contributed by atoms with van der Waals surface area (Å²) >= 11 is 0. The first-order valence-electron chi connectivity index (χ1n) is 6.45. The van der Waals surface area contributed by atoms with E-state index in [4.69, 9.17) is 10.5 Å². The first-order chi connectivity index (χ1) is 8.65. The molecule has 100 valence electrons. The molecule has 4 heteroatoms. The highest BCUT2D eigenvalue weighted by atomic mass is 16.5. The standard InChI is InChI=1S/C14H23N3O/c1-11-4-5-14(18-3)13(8-11)17-7-6-16(2)12(9-15)10-17/h4-5,8,12H,6-7,9-10,15H2,1-3H3. The second kappa shape index (κ2) is 5.59. The Morgan fingerprint density at radius 1 is 1.39 bits per heavy atom. The van der Waals surface area contributed by atoms with E-state index < -0.39 is 0 Å². The molecule has 0 amide bonds. The van der Waals surface area contributed by atoms with Crippen molar-refractivity contribution in [2.24, 2.45) is 5.73 Å². The summed E-state index contributed by atoms with van der Waals surface area (Å²) in [7, 11) is 3.87. The SMILES string of the molecule is COc1ccc(C)cc1N1CCN(C)C(CN)C1. The average molecular weight is 249 g/mol. The van der Waals surface area contributed by atoms with Crippen LogP contribution >= 0.6 is 0 Å². The number of likely N-dealkylation sites (N-methyl/N-ethyl adjacent to an activating group) is 1. The van der Waals surface area contributed by atoms with Gasteiger partial charge in [0.25, 0.3) is 0 Å². The predicted molar refractivity (Wildman–Crippen MR) is 75.4 cm³/mol. The third kappa shape index (κ3) is 2.60. The third-order valence-electron chi connectivity index (χ3n) is 3.72. The van der Waals surface area contributed by atoms with Crippen LogP contribution in [0.15, 0.2) is 18.2 Å². The lowest BCUT2D eigenvalue weighted by molar-refractivity contribution is 0.223. The van der Waals surface area contributed by atoms with Gasteiger partial charge in [0.05, 0.1) is 12.8 Å². The number of aryl methyl sites for hydroxylation is 1. The van der Waals surface area contributed by atoms with Gasteiger partial charge in [0.2, 0.25) is 0 Å². The Hall–Kier alpha value is -1.26. The van der Waals surface area contributed by atoms with Crippen LogP contribution in [-0.2, 0) is 0 Å². The lowest BCUT2D eigenvalue weighted by atomic mass is 10.1. The smallest absolute Gasteiger partial charge is 0.142 e. The van der Waals surface area contributed by atoms with Gasteiger partial charge in [0.15, 0.2) is 0 Å². The van der Waals surface area contributed by atoms with Gasteiger partial charge in [-0.15, -0.1) is 0 Å². The van der Waals surface area contributed by atoms with Gasteiger partial charge in [-0.25, -0.2) is 0 Å². The van der Waals surface area contributed by atoms with Crippen molar-refractivity contribution in [3.63, 3.8) is 0 Å². The summed E-state index contributed by atoms with van der Waals surface area (Å²) < 4.78 is 5.46. The van der Waals surface area contributed by atoms with Crippen LogP contribution in [-0.4, -0.2) is 51.3 Å². The van der Waals surface area contributed by atoms with E-state index in [-0.39, 0.29) is 0 Å². The number of nitrogens with zero attached hydrogens (tertiary/aromatic N) is 2. The summed E-state index contributed by atoms with van der Waals surface area (Å²) in [5.41, 5.74) is 8.28. The maximum atomic E-state index is 5.83. The number of benzene rings is 1. The Kier molecular flexibility index (Phi) is 4.09. The van der Waals surface area contributed by atoms with Gasteiger partial charge in [-0.3, -0.25) is 4.90 Å². The highest BCUT2D eigenvalue weighted by Crippen LogP contribution is 2.30. The Labute approximate surface area is 109 Å². The predicted octanol–water partition coefficient (Wildman–Crippen LogP) is 1.08. The molecule has 18 heavy (non-hydrogen) atoms. The summed E-state index contributed by atoms with van der Waals surface area (Å²) in [6, 6.07) is 6.74. The van der Waals surface area contributed by atoms with Crippen molar-refractivity contribution in [1.29, 1.82) is 0 Å². The van der Waals surface area contributed by atoms with Gasteiger partial charge in [0, 0.05) is 32.2 Å². The summed E-state index contributed by atoms with van der Waals surface area (Å²) in [5.74, 6) is 0.945. The number of ether oxygens (including phenoxy) is 1. The van der Waals surface area contributed by atoms with E-state index in [1.54, 1.807) is 7.11 Å². The van der Waals surface area contributed by atoms with Crippen LogP contribution in [0.5, 0.6) is 5.75 Å². The largest absolute Gasteiger partial charge is 0.495 e. The van der Waals surface area contributed by atoms with Crippen molar-refractivity contribution < 1.29 is 4.74 Å². The fraction of sp³-hybridized carbons (Fsp3) is 0.571. The van der Waals surface area contributed by atoms with Gasteiger partial charge in [-0.1, -0.05) is 6.07 Å². The molecule has 4 nitrogen and oxygen atoms in total. The number of hydrogen-bond donors (Lipinski definition) is 1. The molecule has 1 fully saturated rings. The fourth-order valence-electron chi connectivity index (χ4n) is 2.47. The number of nitrogens with two attached hydrogens (primary N) is 1. The van der Waals surface area contributed by atoms with Crippen molar-refractivity contribution in [3.8, 4) is 5.75 Å². The van der Waals surface area contributed by atoms with Gasteiger partial charge in [0.1, 0.15) is 5.75 Å². The maximum Gasteiger partial charge on any atom is 0.142 e. The third-order valence-corrected chi connectivity index (χ3v) is 3.72. The molecule has 1 unspecified atom stereocenters. The number of rotatable bonds is 3. The summed E-state index contributed by atoms with van der Waals surface area (Å²) in [6.45, 7) is 5.83. The second-order valence-corrected chi connectivity index (χ2v) is 4.99. The second-order valence-electron chi connectivity index (χ2n) is 4.99. The molecular formula is C14H23N3O. The molecule has 0 radical (unpaired) electrons. The molecule has 1 aliphatic heterocycles. The minimum absolute atomic E-state index is 0.420. The Bertz CT molecular complexity index is 408. The van der Waals surface area contributed by atoms with E-state index in [1.807, 2.05) is 6.07 Å². The van der Waals surface area contributed by atoms with E-state index in [9.17, 15) is 0 Å². The van der Waals surface area contributed by atoms with Crippen molar-refractivity contribution in [2.75, 3.05) is 45.2 Å². The minimum atomic E-state index is 0.420. The van der Waals surface area contributed by atoms with Crippen LogP contribution < -0.4 is 15.4 Å². The molecule has 2 N–H and O–H groups in total. The molecule has 2 rings (SSSR count). The van der Waals surface area contributed by atoms with Gasteiger partial charge in [-0.2, -0.15) is 0 Å². The first-order valence-corrected chi connectivity index (χ1v) is 6.45. The zero-order chi connectivity index (χ0) is 13.1. The number of anilines is 1. The van der Waals surface area contributed by atoms with Crippen molar-refractivity contribution in [1.82, 2.24) is 4.90 Å². The van der Waals surface area contributed by atoms with Gasteiger partial charge in [-0.05, 0) is 31.7 Å². The van der Waals surface area contributed by atoms with Crippen LogP contribution in [0.25, 0.3) is 0 Å². The van der Waals surface area contributed by atoms with E-state index in [1.165, 1.54) is 11.3 Å². The summed E-state index contributed by atoms with van der Waals surface area (Å²) in [6.07, 6.45) is 0. The molecule has 1 heterocycles. The number of methoxy groups -OCH3 is 1. The molecule has 1 aromatic carbocycles. The van der Waals surface area contributed by atoms with E-state index in [2.05, 4.69) is 35.9 Å². The molecule has 0 aliphatic carbocycles. The van der Waals surface area contributed by atoms with Crippen LogP contribution in [0.4, 0.5) is 5.69 Å². The Morgan fingerprint density at radius 3 is 2.83 bits per heavy atom. The molecule has 0 aromatic heterocycles. The molecule has 1 aromatic rings. The first kappa shape index (κ1) is 13.2. The monoisotopic (exact) mass is 249 g/mol. The maximum absolute atomic E-state index is 5.83. The molecular weight excluding hydrogens is 226 g/mol. The van der Waals surface area contributed by atoms with Crippen molar-refractivity contribution >= 4 is 5.69 Å². The zero-order valence-corrected chi connectivity index (χ0v) is 11.5. The van der Waals surface area contributed by atoms with Gasteiger partial charge < -0.3 is 15.4 Å². The molecule has 0 spiro atoms.